The fraction of sp³-hybridized carbons (Fsp3) is 0. The molecule has 98 valence electrons. The number of nitrogens with zero attached hydrogens (tertiary/aromatic N) is 1. The number of rotatable bonds is 2. The third kappa shape index (κ3) is 2.17. The van der Waals surface area contributed by atoms with Crippen LogP contribution in [0.5, 0.6) is 0 Å². The number of nitrogens with two attached hydrogens (primary N) is 3. The Bertz CT molecular complexity index is 664. The number of nitrogen functional groups attached to an aromatic ring is 3. The van der Waals surface area contributed by atoms with Crippen molar-refractivity contribution in [3.63, 3.8) is 0 Å². The maximum atomic E-state index is 11.5. The Labute approximate surface area is 107 Å². The van der Waals surface area contributed by atoms with Crippen LogP contribution in [0.25, 0.3) is 10.9 Å². The quantitative estimate of drug-likeness (QED) is 0.266. The van der Waals surface area contributed by atoms with Crippen LogP contribution in [0.2, 0.25) is 0 Å². The molecule has 8 heteroatoms. The van der Waals surface area contributed by atoms with Crippen LogP contribution in [-0.2, 0) is 0 Å². The summed E-state index contributed by atoms with van der Waals surface area (Å²) in [6.45, 7) is 0. The number of amides is 2. The van der Waals surface area contributed by atoms with Gasteiger partial charge in [0.25, 0.3) is 11.8 Å². The number of hydrazine groups is 2. The van der Waals surface area contributed by atoms with Crippen LogP contribution in [0.15, 0.2) is 24.4 Å². The molecular formula is C11H12N6O2. The second-order valence-electron chi connectivity index (χ2n) is 3.76. The predicted molar refractivity (Wildman–Crippen MR) is 69.5 cm³/mol. The van der Waals surface area contributed by atoms with E-state index in [0.717, 1.165) is 0 Å². The number of hydrogen-bond donors (Lipinski definition) is 5. The highest BCUT2D eigenvalue weighted by Crippen LogP contribution is 2.24. The van der Waals surface area contributed by atoms with Gasteiger partial charge in [0.2, 0.25) is 0 Å². The van der Waals surface area contributed by atoms with E-state index in [0.29, 0.717) is 16.5 Å². The van der Waals surface area contributed by atoms with Crippen molar-refractivity contribution in [2.24, 2.45) is 11.7 Å². The minimum atomic E-state index is -0.555. The van der Waals surface area contributed by atoms with Crippen LogP contribution in [0, 0.1) is 0 Å². The molecular weight excluding hydrogens is 248 g/mol. The summed E-state index contributed by atoms with van der Waals surface area (Å²) in [5, 5.41) is 0.474. The summed E-state index contributed by atoms with van der Waals surface area (Å²) in [4.78, 5) is 27.0. The Balaban J connectivity index is 2.65. The fourth-order valence-electron chi connectivity index (χ4n) is 1.70. The molecule has 0 aliphatic carbocycles. The van der Waals surface area contributed by atoms with Crippen molar-refractivity contribution >= 4 is 28.4 Å². The molecule has 19 heavy (non-hydrogen) atoms. The highest BCUT2D eigenvalue weighted by Gasteiger charge is 2.13. The minimum Gasteiger partial charge on any atom is -0.397 e. The van der Waals surface area contributed by atoms with E-state index < -0.39 is 11.8 Å². The molecule has 2 amide bonds. The third-order valence-corrected chi connectivity index (χ3v) is 2.68. The number of carbonyl (C=O) groups is 2. The number of benzene rings is 1. The van der Waals surface area contributed by atoms with Crippen molar-refractivity contribution in [2.75, 3.05) is 5.73 Å². The smallest absolute Gasteiger partial charge is 0.268 e. The van der Waals surface area contributed by atoms with Crippen LogP contribution in [-0.4, -0.2) is 16.8 Å². The van der Waals surface area contributed by atoms with Gasteiger partial charge in [-0.25, -0.2) is 11.7 Å². The molecule has 1 heterocycles. The first-order valence-electron chi connectivity index (χ1n) is 5.28. The first-order valence-corrected chi connectivity index (χ1v) is 5.28. The van der Waals surface area contributed by atoms with Crippen molar-refractivity contribution in [3.8, 4) is 0 Å². The molecule has 1 aromatic heterocycles. The van der Waals surface area contributed by atoms with Crippen molar-refractivity contribution in [1.82, 2.24) is 15.8 Å². The molecule has 0 radical (unpaired) electrons. The van der Waals surface area contributed by atoms with Gasteiger partial charge in [-0.05, 0) is 18.2 Å². The van der Waals surface area contributed by atoms with Crippen LogP contribution < -0.4 is 28.3 Å². The number of fused-ring (bicyclic) bond motifs is 1. The van der Waals surface area contributed by atoms with E-state index in [-0.39, 0.29) is 11.3 Å². The van der Waals surface area contributed by atoms with Gasteiger partial charge >= 0.3 is 0 Å². The lowest BCUT2D eigenvalue weighted by Gasteiger charge is -2.08. The van der Waals surface area contributed by atoms with Crippen LogP contribution in [0.1, 0.15) is 20.7 Å². The molecule has 0 saturated carbocycles. The molecule has 0 aliphatic rings. The van der Waals surface area contributed by atoms with Gasteiger partial charge in [-0.3, -0.25) is 25.4 Å². The van der Waals surface area contributed by atoms with Gasteiger partial charge in [0.1, 0.15) is 0 Å². The molecule has 0 unspecified atom stereocenters. The van der Waals surface area contributed by atoms with Crippen molar-refractivity contribution in [1.29, 1.82) is 0 Å². The summed E-state index contributed by atoms with van der Waals surface area (Å²) >= 11 is 0. The van der Waals surface area contributed by atoms with Gasteiger partial charge in [0, 0.05) is 17.1 Å². The lowest BCUT2D eigenvalue weighted by molar-refractivity contribution is 0.0946. The van der Waals surface area contributed by atoms with Gasteiger partial charge in [-0.2, -0.15) is 0 Å². The molecule has 2 aromatic rings. The topological polar surface area (TPSA) is 149 Å². The third-order valence-electron chi connectivity index (χ3n) is 2.68. The molecule has 0 atom stereocenters. The summed E-state index contributed by atoms with van der Waals surface area (Å²) in [6.07, 6.45) is 1.32. The number of hydrogen-bond acceptors (Lipinski definition) is 6. The van der Waals surface area contributed by atoms with E-state index in [2.05, 4.69) is 4.98 Å². The van der Waals surface area contributed by atoms with Gasteiger partial charge in [0.05, 0.1) is 16.8 Å². The maximum absolute atomic E-state index is 11.5. The summed E-state index contributed by atoms with van der Waals surface area (Å²) in [7, 11) is 0. The molecule has 0 bridgehead atoms. The molecule has 0 aliphatic heterocycles. The Kier molecular flexibility index (Phi) is 3.27. The van der Waals surface area contributed by atoms with Crippen LogP contribution in [0.3, 0.4) is 0 Å². The highest BCUT2D eigenvalue weighted by molar-refractivity contribution is 6.07. The predicted octanol–water partition coefficient (Wildman–Crippen LogP) is -0.976. The van der Waals surface area contributed by atoms with Crippen LogP contribution >= 0.6 is 0 Å². The van der Waals surface area contributed by atoms with E-state index in [9.17, 15) is 9.59 Å². The van der Waals surface area contributed by atoms with E-state index in [1.54, 1.807) is 12.1 Å². The Morgan fingerprint density at radius 2 is 1.79 bits per heavy atom. The molecule has 1 aromatic carbocycles. The summed E-state index contributed by atoms with van der Waals surface area (Å²) in [5.74, 6) is 9.09. The van der Waals surface area contributed by atoms with Gasteiger partial charge in [-0.1, -0.05) is 0 Å². The summed E-state index contributed by atoms with van der Waals surface area (Å²) in [5.41, 5.74) is 11.1. The number of carbonyl (C=O) groups excluding carboxylic acids is 2. The molecule has 8 N–H and O–H groups in total. The molecule has 0 spiro atoms. The van der Waals surface area contributed by atoms with E-state index >= 15 is 0 Å². The minimum absolute atomic E-state index is 0.139. The monoisotopic (exact) mass is 260 g/mol. The average Bonchev–Trinajstić information content (AvgIpc) is 2.45. The summed E-state index contributed by atoms with van der Waals surface area (Å²) < 4.78 is 0. The second kappa shape index (κ2) is 4.88. The zero-order chi connectivity index (χ0) is 14.0. The van der Waals surface area contributed by atoms with Crippen molar-refractivity contribution in [2.45, 2.75) is 0 Å². The number of pyridine rings is 1. The van der Waals surface area contributed by atoms with E-state index in [4.69, 9.17) is 17.4 Å². The van der Waals surface area contributed by atoms with Crippen LogP contribution in [0.4, 0.5) is 5.69 Å². The lowest BCUT2D eigenvalue weighted by Crippen LogP contribution is -2.31. The van der Waals surface area contributed by atoms with Gasteiger partial charge < -0.3 is 5.73 Å². The Hall–Kier alpha value is -2.71. The average molecular weight is 260 g/mol. The van der Waals surface area contributed by atoms with Crippen molar-refractivity contribution in [3.05, 3.63) is 35.5 Å². The molecule has 0 saturated heterocycles. The zero-order valence-corrected chi connectivity index (χ0v) is 9.81. The fourth-order valence-corrected chi connectivity index (χ4v) is 1.70. The van der Waals surface area contributed by atoms with E-state index in [1.807, 2.05) is 10.9 Å². The standard InChI is InChI=1S/C11H12N6O2/c12-9-6-3-5(10(18)16-13)1-2-8(6)15-4-7(9)11(19)17-14/h1-4H,13-14H2,(H2,12,15)(H,16,18)(H,17,19). The first kappa shape index (κ1) is 12.7. The number of nitrogens with one attached hydrogen (secondary N) is 2. The normalized spacial score (nSPS) is 10.2. The molecule has 2 rings (SSSR count). The lowest BCUT2D eigenvalue weighted by atomic mass is 10.1. The SMILES string of the molecule is NNC(=O)c1ccc2ncc(C(=O)NN)c(N)c2c1. The number of aromatic nitrogens is 1. The second-order valence-corrected chi connectivity index (χ2v) is 3.76. The molecule has 0 fully saturated rings. The highest BCUT2D eigenvalue weighted by atomic mass is 16.2. The summed E-state index contributed by atoms with van der Waals surface area (Å²) in [6, 6.07) is 4.67. The van der Waals surface area contributed by atoms with Crippen molar-refractivity contribution < 1.29 is 9.59 Å². The van der Waals surface area contributed by atoms with Gasteiger partial charge in [-0.15, -0.1) is 0 Å². The van der Waals surface area contributed by atoms with E-state index in [1.165, 1.54) is 12.3 Å². The largest absolute Gasteiger partial charge is 0.397 e. The molecule has 8 nitrogen and oxygen atoms in total. The number of anilines is 1. The Morgan fingerprint density at radius 1 is 1.11 bits per heavy atom. The Morgan fingerprint density at radius 3 is 2.42 bits per heavy atom. The zero-order valence-electron chi connectivity index (χ0n) is 9.81. The first-order chi connectivity index (χ1) is 9.08. The van der Waals surface area contributed by atoms with Gasteiger partial charge in [0.15, 0.2) is 0 Å². The maximum Gasteiger partial charge on any atom is 0.268 e.